The number of imidazole rings is 1. The monoisotopic (exact) mass is 295 g/mol. The first-order valence-electron chi connectivity index (χ1n) is 7.73. The van der Waals surface area contributed by atoms with E-state index < -0.39 is 0 Å². The Morgan fingerprint density at radius 1 is 1.32 bits per heavy atom. The molecule has 1 heterocycles. The number of aryl methyl sites for hydroxylation is 1. The molecule has 0 fully saturated rings. The van der Waals surface area contributed by atoms with Crippen molar-refractivity contribution in [2.75, 3.05) is 0 Å². The lowest BCUT2D eigenvalue weighted by atomic mass is 9.93. The molecule has 1 aromatic carbocycles. The van der Waals surface area contributed by atoms with Crippen LogP contribution in [0.2, 0.25) is 0 Å². The Bertz CT molecular complexity index is 660. The Hall–Kier alpha value is -2.36. The van der Waals surface area contributed by atoms with E-state index in [2.05, 4.69) is 22.5 Å². The van der Waals surface area contributed by atoms with E-state index in [-0.39, 0.29) is 17.9 Å². The minimum atomic E-state index is -0.209. The van der Waals surface area contributed by atoms with Crippen molar-refractivity contribution in [3.05, 3.63) is 66.3 Å². The van der Waals surface area contributed by atoms with Gasteiger partial charge in [-0.15, -0.1) is 0 Å². The summed E-state index contributed by atoms with van der Waals surface area (Å²) < 4.78 is 1.96. The number of carbonyl (C=O) groups is 1. The zero-order valence-corrected chi connectivity index (χ0v) is 12.8. The summed E-state index contributed by atoms with van der Waals surface area (Å²) in [5, 5.41) is 3.19. The molecule has 1 aromatic heterocycles. The quantitative estimate of drug-likeness (QED) is 0.881. The van der Waals surface area contributed by atoms with Crippen LogP contribution in [0.5, 0.6) is 0 Å². The van der Waals surface area contributed by atoms with Crippen LogP contribution in [0, 0.1) is 5.92 Å². The molecule has 0 aliphatic heterocycles. The van der Waals surface area contributed by atoms with Gasteiger partial charge in [-0.05, 0) is 24.8 Å². The number of rotatable bonds is 4. The number of hydrogen-bond donors (Lipinski definition) is 1. The Kier molecular flexibility index (Phi) is 4.37. The Morgan fingerprint density at radius 2 is 2.14 bits per heavy atom. The fourth-order valence-electron chi connectivity index (χ4n) is 2.89. The summed E-state index contributed by atoms with van der Waals surface area (Å²) in [6.07, 6.45) is 10.7. The van der Waals surface area contributed by atoms with Crippen molar-refractivity contribution >= 4 is 5.91 Å². The van der Waals surface area contributed by atoms with E-state index in [9.17, 15) is 4.79 Å². The molecule has 4 nitrogen and oxygen atoms in total. The smallest absolute Gasteiger partial charge is 0.224 e. The van der Waals surface area contributed by atoms with Gasteiger partial charge in [-0.1, -0.05) is 42.5 Å². The molecule has 2 unspecified atom stereocenters. The number of aromatic nitrogens is 2. The van der Waals surface area contributed by atoms with Crippen molar-refractivity contribution in [2.24, 2.45) is 13.0 Å². The highest BCUT2D eigenvalue weighted by Crippen LogP contribution is 2.23. The molecule has 4 heteroatoms. The molecule has 1 amide bonds. The van der Waals surface area contributed by atoms with E-state index in [0.29, 0.717) is 0 Å². The van der Waals surface area contributed by atoms with Crippen LogP contribution in [-0.2, 0) is 11.8 Å². The van der Waals surface area contributed by atoms with E-state index in [0.717, 1.165) is 30.7 Å². The summed E-state index contributed by atoms with van der Waals surface area (Å²) in [6, 6.07) is 9.80. The van der Waals surface area contributed by atoms with Crippen LogP contribution in [0.3, 0.4) is 0 Å². The van der Waals surface area contributed by atoms with Gasteiger partial charge in [-0.2, -0.15) is 0 Å². The number of amides is 1. The first-order chi connectivity index (χ1) is 10.8. The molecule has 2 aromatic rings. The third kappa shape index (κ3) is 3.11. The number of carbonyl (C=O) groups excluding carboxylic acids is 1. The van der Waals surface area contributed by atoms with E-state index in [1.54, 1.807) is 6.20 Å². The normalized spacial score (nSPS) is 18.9. The van der Waals surface area contributed by atoms with E-state index in [1.165, 1.54) is 0 Å². The van der Waals surface area contributed by atoms with Crippen LogP contribution in [0.15, 0.2) is 54.9 Å². The summed E-state index contributed by atoms with van der Waals surface area (Å²) in [5.74, 6) is 1.03. The molecule has 2 atom stereocenters. The molecule has 0 saturated carbocycles. The van der Waals surface area contributed by atoms with Crippen LogP contribution in [0.4, 0.5) is 0 Å². The maximum absolute atomic E-state index is 12.6. The lowest BCUT2D eigenvalue weighted by molar-refractivity contribution is -0.125. The van der Waals surface area contributed by atoms with Crippen LogP contribution < -0.4 is 5.32 Å². The van der Waals surface area contributed by atoms with Gasteiger partial charge < -0.3 is 9.88 Å². The van der Waals surface area contributed by atoms with Gasteiger partial charge in [0.2, 0.25) is 5.91 Å². The van der Waals surface area contributed by atoms with Crippen molar-refractivity contribution in [1.82, 2.24) is 14.9 Å². The highest BCUT2D eigenvalue weighted by atomic mass is 16.1. The SMILES string of the molecule is Cn1ccnc1C(NC(=O)C1CC=CCC1)c1ccccc1. The second-order valence-electron chi connectivity index (χ2n) is 5.73. The molecular weight excluding hydrogens is 274 g/mol. The predicted molar refractivity (Wildman–Crippen MR) is 86.1 cm³/mol. The summed E-state index contributed by atoms with van der Waals surface area (Å²) in [7, 11) is 1.95. The van der Waals surface area contributed by atoms with Gasteiger partial charge in [0.1, 0.15) is 11.9 Å². The Morgan fingerprint density at radius 3 is 2.77 bits per heavy atom. The molecule has 3 rings (SSSR count). The minimum Gasteiger partial charge on any atom is -0.342 e. The van der Waals surface area contributed by atoms with Crippen molar-refractivity contribution in [3.63, 3.8) is 0 Å². The number of hydrogen-bond acceptors (Lipinski definition) is 2. The summed E-state index contributed by atoms with van der Waals surface area (Å²) in [6.45, 7) is 0. The number of nitrogens with one attached hydrogen (secondary N) is 1. The maximum atomic E-state index is 12.6. The first kappa shape index (κ1) is 14.6. The van der Waals surface area contributed by atoms with E-state index in [1.807, 2.05) is 48.1 Å². The molecule has 1 aliphatic rings. The topological polar surface area (TPSA) is 46.9 Å². The van der Waals surface area contributed by atoms with E-state index in [4.69, 9.17) is 0 Å². The first-order valence-corrected chi connectivity index (χ1v) is 7.73. The van der Waals surface area contributed by atoms with Gasteiger partial charge >= 0.3 is 0 Å². The largest absolute Gasteiger partial charge is 0.342 e. The Balaban J connectivity index is 1.85. The highest BCUT2D eigenvalue weighted by molar-refractivity contribution is 5.79. The van der Waals surface area contributed by atoms with Crippen molar-refractivity contribution in [1.29, 1.82) is 0 Å². The molecule has 0 radical (unpaired) electrons. The molecule has 0 saturated heterocycles. The van der Waals surface area contributed by atoms with Gasteiger partial charge in [0.15, 0.2) is 0 Å². The van der Waals surface area contributed by atoms with Gasteiger partial charge in [0, 0.05) is 25.4 Å². The van der Waals surface area contributed by atoms with Crippen molar-refractivity contribution in [2.45, 2.75) is 25.3 Å². The number of allylic oxidation sites excluding steroid dienone is 2. The van der Waals surface area contributed by atoms with Crippen LogP contribution >= 0.6 is 0 Å². The average molecular weight is 295 g/mol. The fourth-order valence-corrected chi connectivity index (χ4v) is 2.89. The molecule has 0 spiro atoms. The molecule has 1 N–H and O–H groups in total. The van der Waals surface area contributed by atoms with Gasteiger partial charge in [0.05, 0.1) is 0 Å². The lowest BCUT2D eigenvalue weighted by Crippen LogP contribution is -2.36. The zero-order valence-electron chi connectivity index (χ0n) is 12.8. The lowest BCUT2D eigenvalue weighted by Gasteiger charge is -2.23. The van der Waals surface area contributed by atoms with Crippen molar-refractivity contribution < 1.29 is 4.79 Å². The van der Waals surface area contributed by atoms with Crippen molar-refractivity contribution in [3.8, 4) is 0 Å². The maximum Gasteiger partial charge on any atom is 0.224 e. The molecule has 1 aliphatic carbocycles. The second-order valence-corrected chi connectivity index (χ2v) is 5.73. The summed E-state index contributed by atoms with van der Waals surface area (Å²) in [4.78, 5) is 17.0. The molecule has 0 bridgehead atoms. The Labute approximate surface area is 130 Å². The summed E-state index contributed by atoms with van der Waals surface area (Å²) in [5.41, 5.74) is 1.05. The molecule has 114 valence electrons. The van der Waals surface area contributed by atoms with E-state index >= 15 is 0 Å². The third-order valence-corrected chi connectivity index (χ3v) is 4.18. The summed E-state index contributed by atoms with van der Waals surface area (Å²) >= 11 is 0. The van der Waals surface area contributed by atoms with Gasteiger partial charge in [-0.25, -0.2) is 4.98 Å². The zero-order chi connectivity index (χ0) is 15.4. The minimum absolute atomic E-state index is 0.0662. The fraction of sp³-hybridized carbons (Fsp3) is 0.333. The van der Waals surface area contributed by atoms with Crippen LogP contribution in [0.1, 0.15) is 36.7 Å². The van der Waals surface area contributed by atoms with Gasteiger partial charge in [-0.3, -0.25) is 4.79 Å². The third-order valence-electron chi connectivity index (χ3n) is 4.18. The number of benzene rings is 1. The number of nitrogens with zero attached hydrogens (tertiary/aromatic N) is 2. The van der Waals surface area contributed by atoms with Crippen LogP contribution in [0.25, 0.3) is 0 Å². The predicted octanol–water partition coefficient (Wildman–Crippen LogP) is 2.98. The van der Waals surface area contributed by atoms with Crippen LogP contribution in [-0.4, -0.2) is 15.5 Å². The molecular formula is C18H21N3O. The van der Waals surface area contributed by atoms with Gasteiger partial charge in [0.25, 0.3) is 0 Å². The molecule has 22 heavy (non-hydrogen) atoms. The average Bonchev–Trinajstić information content (AvgIpc) is 3.00. The second kappa shape index (κ2) is 6.60. The highest BCUT2D eigenvalue weighted by Gasteiger charge is 2.25. The standard InChI is InChI=1S/C18H21N3O/c1-21-13-12-19-17(21)16(14-8-4-2-5-9-14)20-18(22)15-10-6-3-7-11-15/h2-6,8-9,12-13,15-16H,7,10-11H2,1H3,(H,20,22).